The van der Waals surface area contributed by atoms with E-state index in [1.54, 1.807) is 18.2 Å². The van der Waals surface area contributed by atoms with E-state index in [4.69, 9.17) is 21.1 Å². The number of hydrazine groups is 1. The summed E-state index contributed by atoms with van der Waals surface area (Å²) in [6.07, 6.45) is 0. The van der Waals surface area contributed by atoms with Gasteiger partial charge in [-0.25, -0.2) is 0 Å². The van der Waals surface area contributed by atoms with Crippen LogP contribution >= 0.6 is 43.5 Å². The van der Waals surface area contributed by atoms with Gasteiger partial charge in [0.25, 0.3) is 11.8 Å². The molecule has 0 radical (unpaired) electrons. The number of nitrogens with one attached hydrogen (secondary N) is 2. The summed E-state index contributed by atoms with van der Waals surface area (Å²) in [5.74, 6) is 0.212. The summed E-state index contributed by atoms with van der Waals surface area (Å²) in [7, 11) is 0. The minimum Gasteiger partial charge on any atom is -0.483 e. The zero-order chi connectivity index (χ0) is 21.6. The number of rotatable bonds is 7. The van der Waals surface area contributed by atoms with Crippen LogP contribution in [0.15, 0.2) is 39.3 Å². The molecule has 0 saturated heterocycles. The van der Waals surface area contributed by atoms with Crippen molar-refractivity contribution in [3.05, 3.63) is 55.4 Å². The van der Waals surface area contributed by atoms with Crippen LogP contribution in [0.3, 0.4) is 0 Å². The highest BCUT2D eigenvalue weighted by molar-refractivity contribution is 9.10. The Kier molecular flexibility index (Phi) is 8.79. The average Bonchev–Trinajstić information content (AvgIpc) is 2.66. The molecule has 2 aromatic carbocycles. The van der Waals surface area contributed by atoms with Crippen LogP contribution in [0, 0.1) is 6.92 Å². The number of carbonyl (C=O) groups excluding carboxylic acids is 2. The molecule has 0 aliphatic rings. The van der Waals surface area contributed by atoms with Crippen LogP contribution in [0.25, 0.3) is 0 Å². The maximum absolute atomic E-state index is 12.0. The Bertz CT molecular complexity index is 906. The lowest BCUT2D eigenvalue weighted by molar-refractivity contribution is -0.131. The first-order valence-electron chi connectivity index (χ1n) is 8.75. The number of hydrogen-bond donors (Lipinski definition) is 2. The standard InChI is InChI=1S/C20H21Br2ClN2O4/c1-11(2)14-8-15(22)12(3)6-18(14)29-10-20(27)25-24-19(26)9-28-17-5-4-13(21)7-16(17)23/h4-8,11H,9-10H2,1-3H3,(H,24,26)(H,25,27). The molecule has 9 heteroatoms. The van der Waals surface area contributed by atoms with Crippen LogP contribution in [0.4, 0.5) is 0 Å². The molecule has 0 bridgehead atoms. The van der Waals surface area contributed by atoms with Crippen molar-refractivity contribution >= 4 is 55.3 Å². The lowest BCUT2D eigenvalue weighted by atomic mass is 10.0. The fourth-order valence-corrected chi connectivity index (χ4v) is 3.43. The highest BCUT2D eigenvalue weighted by atomic mass is 79.9. The summed E-state index contributed by atoms with van der Waals surface area (Å²) in [5.41, 5.74) is 6.56. The third-order valence-electron chi connectivity index (χ3n) is 3.87. The van der Waals surface area contributed by atoms with E-state index in [0.717, 1.165) is 20.1 Å². The van der Waals surface area contributed by atoms with Gasteiger partial charge < -0.3 is 9.47 Å². The van der Waals surface area contributed by atoms with E-state index in [0.29, 0.717) is 16.5 Å². The second-order valence-corrected chi connectivity index (χ2v) is 8.72. The number of amides is 2. The van der Waals surface area contributed by atoms with Crippen molar-refractivity contribution in [2.24, 2.45) is 0 Å². The van der Waals surface area contributed by atoms with Crippen molar-refractivity contribution in [2.75, 3.05) is 13.2 Å². The van der Waals surface area contributed by atoms with Crippen LogP contribution in [0.1, 0.15) is 30.9 Å². The molecule has 0 atom stereocenters. The Morgan fingerprint density at radius 1 is 1.00 bits per heavy atom. The first-order chi connectivity index (χ1) is 13.7. The van der Waals surface area contributed by atoms with E-state index >= 15 is 0 Å². The SMILES string of the molecule is Cc1cc(OCC(=O)NNC(=O)COc2ccc(Br)cc2Cl)c(C(C)C)cc1Br. The van der Waals surface area contributed by atoms with Gasteiger partial charge in [-0.3, -0.25) is 20.4 Å². The monoisotopic (exact) mass is 546 g/mol. The molecular weight excluding hydrogens is 527 g/mol. The Hall–Kier alpha value is -1.77. The van der Waals surface area contributed by atoms with Gasteiger partial charge in [0.2, 0.25) is 0 Å². The minimum atomic E-state index is -0.528. The van der Waals surface area contributed by atoms with Crippen molar-refractivity contribution in [3.8, 4) is 11.5 Å². The molecule has 2 rings (SSSR count). The van der Waals surface area contributed by atoms with E-state index < -0.39 is 11.8 Å². The van der Waals surface area contributed by atoms with Gasteiger partial charge in [0.15, 0.2) is 13.2 Å². The van der Waals surface area contributed by atoms with E-state index in [9.17, 15) is 9.59 Å². The molecule has 0 aliphatic carbocycles. The van der Waals surface area contributed by atoms with E-state index in [-0.39, 0.29) is 19.1 Å². The molecule has 2 N–H and O–H groups in total. The van der Waals surface area contributed by atoms with Gasteiger partial charge >= 0.3 is 0 Å². The molecule has 2 amide bonds. The summed E-state index contributed by atoms with van der Waals surface area (Å²) in [4.78, 5) is 23.8. The molecule has 29 heavy (non-hydrogen) atoms. The van der Waals surface area contributed by atoms with Gasteiger partial charge in [-0.2, -0.15) is 0 Å². The topological polar surface area (TPSA) is 76.7 Å². The zero-order valence-electron chi connectivity index (χ0n) is 16.1. The maximum atomic E-state index is 12.0. The van der Waals surface area contributed by atoms with Crippen LogP contribution in [-0.4, -0.2) is 25.0 Å². The summed E-state index contributed by atoms with van der Waals surface area (Å²) in [6, 6.07) is 8.90. The predicted molar refractivity (Wildman–Crippen MR) is 119 cm³/mol. The maximum Gasteiger partial charge on any atom is 0.276 e. The van der Waals surface area contributed by atoms with Gasteiger partial charge in [0, 0.05) is 8.95 Å². The number of halogens is 3. The van der Waals surface area contributed by atoms with E-state index in [2.05, 4.69) is 42.7 Å². The molecule has 0 aromatic heterocycles. The van der Waals surface area contributed by atoms with Crippen LogP contribution in [-0.2, 0) is 9.59 Å². The van der Waals surface area contributed by atoms with Crippen molar-refractivity contribution in [1.82, 2.24) is 10.9 Å². The zero-order valence-corrected chi connectivity index (χ0v) is 20.1. The Morgan fingerprint density at radius 2 is 1.59 bits per heavy atom. The fraction of sp³-hybridized carbons (Fsp3) is 0.300. The highest BCUT2D eigenvalue weighted by Crippen LogP contribution is 2.32. The number of ether oxygens (including phenoxy) is 2. The first-order valence-corrected chi connectivity index (χ1v) is 10.7. The summed E-state index contributed by atoms with van der Waals surface area (Å²) >= 11 is 12.8. The van der Waals surface area contributed by atoms with Crippen LogP contribution in [0.2, 0.25) is 5.02 Å². The smallest absolute Gasteiger partial charge is 0.276 e. The Labute approximate surface area is 191 Å². The van der Waals surface area contributed by atoms with Gasteiger partial charge in [-0.15, -0.1) is 0 Å². The van der Waals surface area contributed by atoms with Crippen LogP contribution in [0.5, 0.6) is 11.5 Å². The van der Waals surface area contributed by atoms with Gasteiger partial charge in [-0.1, -0.05) is 57.3 Å². The molecule has 0 aliphatic heterocycles. The largest absolute Gasteiger partial charge is 0.483 e. The number of carbonyl (C=O) groups is 2. The van der Waals surface area contributed by atoms with Crippen LogP contribution < -0.4 is 20.3 Å². The van der Waals surface area contributed by atoms with E-state index in [1.807, 2.05) is 32.9 Å². The van der Waals surface area contributed by atoms with Crippen molar-refractivity contribution in [1.29, 1.82) is 0 Å². The molecule has 0 spiro atoms. The number of hydrogen-bond acceptors (Lipinski definition) is 4. The number of aryl methyl sites for hydroxylation is 1. The first kappa shape index (κ1) is 23.5. The van der Waals surface area contributed by atoms with Crippen molar-refractivity contribution in [3.63, 3.8) is 0 Å². The normalized spacial score (nSPS) is 10.6. The third kappa shape index (κ3) is 7.21. The van der Waals surface area contributed by atoms with Gasteiger partial charge in [0.05, 0.1) is 5.02 Å². The average molecular weight is 549 g/mol. The quantitative estimate of drug-likeness (QED) is 0.483. The Balaban J connectivity index is 1.81. The number of benzene rings is 2. The second-order valence-electron chi connectivity index (χ2n) is 6.54. The summed E-state index contributed by atoms with van der Waals surface area (Å²) < 4.78 is 12.8. The predicted octanol–water partition coefficient (Wildman–Crippen LogP) is 4.90. The highest BCUT2D eigenvalue weighted by Gasteiger charge is 2.13. The minimum absolute atomic E-state index is 0.229. The lowest BCUT2D eigenvalue weighted by Crippen LogP contribution is -2.45. The van der Waals surface area contributed by atoms with Gasteiger partial charge in [-0.05, 0) is 54.3 Å². The van der Waals surface area contributed by atoms with E-state index in [1.165, 1.54) is 0 Å². The third-order valence-corrected chi connectivity index (χ3v) is 5.51. The van der Waals surface area contributed by atoms with Gasteiger partial charge in [0.1, 0.15) is 11.5 Å². The van der Waals surface area contributed by atoms with Crippen molar-refractivity contribution in [2.45, 2.75) is 26.7 Å². The Morgan fingerprint density at radius 3 is 2.14 bits per heavy atom. The molecule has 0 fully saturated rings. The molecule has 0 saturated carbocycles. The summed E-state index contributed by atoms with van der Waals surface area (Å²) in [5, 5.41) is 0.371. The summed E-state index contributed by atoms with van der Waals surface area (Å²) in [6.45, 7) is 5.50. The lowest BCUT2D eigenvalue weighted by Gasteiger charge is -2.16. The molecule has 0 heterocycles. The molecule has 156 valence electrons. The fourth-order valence-electron chi connectivity index (χ4n) is 2.34. The van der Waals surface area contributed by atoms with Crippen molar-refractivity contribution < 1.29 is 19.1 Å². The molecular formula is C20H21Br2ClN2O4. The molecule has 2 aromatic rings. The molecule has 6 nitrogen and oxygen atoms in total. The second kappa shape index (κ2) is 10.8. The molecule has 0 unspecified atom stereocenters.